The third-order valence-electron chi connectivity index (χ3n) is 2.87. The fourth-order valence-electron chi connectivity index (χ4n) is 2.04. The summed E-state index contributed by atoms with van der Waals surface area (Å²) < 4.78 is 0. The van der Waals surface area contributed by atoms with Crippen molar-refractivity contribution in [2.75, 3.05) is 10.6 Å². The lowest BCUT2D eigenvalue weighted by Gasteiger charge is -2.09. The van der Waals surface area contributed by atoms with Crippen molar-refractivity contribution in [2.24, 2.45) is 0 Å². The lowest BCUT2D eigenvalue weighted by Crippen LogP contribution is -2.19. The van der Waals surface area contributed by atoms with Crippen molar-refractivity contribution >= 4 is 23.4 Å². The molecule has 108 valence electrons. The summed E-state index contributed by atoms with van der Waals surface area (Å²) in [5, 5.41) is 14.2. The minimum absolute atomic E-state index is 0.176. The van der Waals surface area contributed by atoms with Crippen molar-refractivity contribution in [3.05, 3.63) is 59.2 Å². The van der Waals surface area contributed by atoms with Gasteiger partial charge in [0.1, 0.15) is 0 Å². The molecule has 3 N–H and O–H groups in total. The third kappa shape index (κ3) is 4.07. The molecule has 0 aliphatic heterocycles. The first-order valence-electron chi connectivity index (χ1n) is 6.44. The fraction of sp³-hybridized carbons (Fsp3) is 0.125. The number of carboxylic acids is 1. The second kappa shape index (κ2) is 6.09. The van der Waals surface area contributed by atoms with Gasteiger partial charge in [0.2, 0.25) is 0 Å². The molecule has 0 aliphatic rings. The molecule has 2 aromatic rings. The van der Waals surface area contributed by atoms with Gasteiger partial charge in [-0.2, -0.15) is 0 Å². The lowest BCUT2D eigenvalue weighted by atomic mass is 10.1. The Morgan fingerprint density at radius 2 is 1.38 bits per heavy atom. The molecular formula is C16H16N2O3. The summed E-state index contributed by atoms with van der Waals surface area (Å²) in [7, 11) is 0. The van der Waals surface area contributed by atoms with Gasteiger partial charge in [0.15, 0.2) is 0 Å². The zero-order valence-electron chi connectivity index (χ0n) is 11.8. The Labute approximate surface area is 122 Å². The number of carboxylic acid groups (broad SMARTS) is 1. The van der Waals surface area contributed by atoms with Crippen LogP contribution < -0.4 is 10.6 Å². The van der Waals surface area contributed by atoms with Gasteiger partial charge in [-0.3, -0.25) is 0 Å². The summed E-state index contributed by atoms with van der Waals surface area (Å²) in [6.45, 7) is 3.92. The Morgan fingerprint density at radius 3 is 1.90 bits per heavy atom. The molecule has 0 heterocycles. The summed E-state index contributed by atoms with van der Waals surface area (Å²) >= 11 is 0. The maximum absolute atomic E-state index is 11.9. The molecule has 2 aromatic carbocycles. The predicted octanol–water partition coefficient (Wildman–Crippen LogP) is 3.65. The number of rotatable bonds is 3. The van der Waals surface area contributed by atoms with Crippen LogP contribution in [-0.4, -0.2) is 17.1 Å². The minimum atomic E-state index is -0.999. The minimum Gasteiger partial charge on any atom is -0.478 e. The number of nitrogens with one attached hydrogen (secondary N) is 2. The number of hydrogen-bond acceptors (Lipinski definition) is 2. The Morgan fingerprint density at radius 1 is 0.857 bits per heavy atom. The summed E-state index contributed by atoms with van der Waals surface area (Å²) in [6, 6.07) is 11.4. The van der Waals surface area contributed by atoms with E-state index in [-0.39, 0.29) is 11.6 Å². The van der Waals surface area contributed by atoms with E-state index in [4.69, 9.17) is 5.11 Å². The maximum Gasteiger partial charge on any atom is 0.335 e. The molecule has 5 heteroatoms. The highest BCUT2D eigenvalue weighted by Gasteiger charge is 2.05. The van der Waals surface area contributed by atoms with Gasteiger partial charge >= 0.3 is 12.0 Å². The van der Waals surface area contributed by atoms with Crippen LogP contribution in [0.2, 0.25) is 0 Å². The van der Waals surface area contributed by atoms with Crippen molar-refractivity contribution in [3.63, 3.8) is 0 Å². The number of aromatic carboxylic acids is 1. The Bertz CT molecular complexity index is 658. The van der Waals surface area contributed by atoms with Crippen LogP contribution in [0.5, 0.6) is 0 Å². The molecule has 0 saturated heterocycles. The van der Waals surface area contributed by atoms with Crippen molar-refractivity contribution < 1.29 is 14.7 Å². The zero-order valence-corrected chi connectivity index (χ0v) is 11.8. The van der Waals surface area contributed by atoms with Gasteiger partial charge in [-0.25, -0.2) is 9.59 Å². The monoisotopic (exact) mass is 284 g/mol. The number of urea groups is 1. The summed E-state index contributed by atoms with van der Waals surface area (Å²) in [5.41, 5.74) is 3.55. The Kier molecular flexibility index (Phi) is 4.23. The molecule has 0 unspecified atom stereocenters. The molecular weight excluding hydrogens is 268 g/mol. The van der Waals surface area contributed by atoms with E-state index >= 15 is 0 Å². The first-order chi connectivity index (χ1) is 9.94. The highest BCUT2D eigenvalue weighted by atomic mass is 16.4. The van der Waals surface area contributed by atoms with Crippen LogP contribution in [0, 0.1) is 13.8 Å². The van der Waals surface area contributed by atoms with Crippen LogP contribution in [0.15, 0.2) is 42.5 Å². The topological polar surface area (TPSA) is 78.4 Å². The highest BCUT2D eigenvalue weighted by molar-refractivity contribution is 6.00. The van der Waals surface area contributed by atoms with Crippen molar-refractivity contribution in [2.45, 2.75) is 13.8 Å². The lowest BCUT2D eigenvalue weighted by molar-refractivity contribution is 0.0697. The van der Waals surface area contributed by atoms with Crippen LogP contribution >= 0.6 is 0 Å². The molecule has 0 aliphatic carbocycles. The van der Waals surface area contributed by atoms with Crippen LogP contribution in [0.25, 0.3) is 0 Å². The molecule has 0 bridgehead atoms. The average molecular weight is 284 g/mol. The summed E-state index contributed by atoms with van der Waals surface area (Å²) in [4.78, 5) is 22.6. The second-order valence-electron chi connectivity index (χ2n) is 4.84. The Balaban J connectivity index is 2.02. The molecule has 0 atom stereocenters. The van der Waals surface area contributed by atoms with E-state index in [2.05, 4.69) is 10.6 Å². The van der Waals surface area contributed by atoms with Crippen molar-refractivity contribution in [1.82, 2.24) is 0 Å². The van der Waals surface area contributed by atoms with E-state index in [0.717, 1.165) is 11.1 Å². The predicted molar refractivity (Wildman–Crippen MR) is 82.0 cm³/mol. The number of anilines is 2. The van der Waals surface area contributed by atoms with Crippen LogP contribution in [0.4, 0.5) is 16.2 Å². The molecule has 21 heavy (non-hydrogen) atoms. The molecule has 0 aromatic heterocycles. The number of hydrogen-bond donors (Lipinski definition) is 3. The molecule has 2 amide bonds. The molecule has 0 fully saturated rings. The second-order valence-corrected chi connectivity index (χ2v) is 4.84. The molecule has 0 saturated carbocycles. The SMILES string of the molecule is Cc1cc(C)cc(NC(=O)Nc2ccc(C(=O)O)cc2)c1. The largest absolute Gasteiger partial charge is 0.478 e. The van der Waals surface area contributed by atoms with Gasteiger partial charge in [0.25, 0.3) is 0 Å². The normalized spacial score (nSPS) is 10.0. The Hall–Kier alpha value is -2.82. The third-order valence-corrected chi connectivity index (χ3v) is 2.87. The molecule has 0 radical (unpaired) electrons. The van der Waals surface area contributed by atoms with Gasteiger partial charge in [0, 0.05) is 11.4 Å². The smallest absolute Gasteiger partial charge is 0.335 e. The van der Waals surface area contributed by atoms with E-state index in [9.17, 15) is 9.59 Å². The number of amides is 2. The van der Waals surface area contributed by atoms with E-state index < -0.39 is 5.97 Å². The molecule has 5 nitrogen and oxygen atoms in total. The van der Waals surface area contributed by atoms with Crippen molar-refractivity contribution in [3.8, 4) is 0 Å². The van der Waals surface area contributed by atoms with Crippen LogP contribution in [-0.2, 0) is 0 Å². The van der Waals surface area contributed by atoms with E-state index in [1.807, 2.05) is 32.0 Å². The number of aryl methyl sites for hydroxylation is 2. The number of benzene rings is 2. The first kappa shape index (κ1) is 14.6. The van der Waals surface area contributed by atoms with E-state index in [0.29, 0.717) is 11.4 Å². The fourth-order valence-corrected chi connectivity index (χ4v) is 2.04. The van der Waals surface area contributed by atoms with Gasteiger partial charge in [-0.05, 0) is 61.4 Å². The van der Waals surface area contributed by atoms with Gasteiger partial charge < -0.3 is 15.7 Å². The zero-order chi connectivity index (χ0) is 15.4. The standard InChI is InChI=1S/C16H16N2O3/c1-10-7-11(2)9-14(8-10)18-16(21)17-13-5-3-12(4-6-13)15(19)20/h3-9H,1-2H3,(H,19,20)(H2,17,18,21). The van der Waals surface area contributed by atoms with Gasteiger partial charge in [-0.1, -0.05) is 6.07 Å². The summed E-state index contributed by atoms with van der Waals surface area (Å²) in [6.07, 6.45) is 0. The number of carbonyl (C=O) groups excluding carboxylic acids is 1. The molecule has 0 spiro atoms. The quantitative estimate of drug-likeness (QED) is 0.805. The van der Waals surface area contributed by atoms with Crippen molar-refractivity contribution in [1.29, 1.82) is 0 Å². The average Bonchev–Trinajstić information content (AvgIpc) is 2.37. The van der Waals surface area contributed by atoms with Gasteiger partial charge in [0.05, 0.1) is 5.56 Å². The van der Waals surface area contributed by atoms with E-state index in [1.165, 1.54) is 12.1 Å². The van der Waals surface area contributed by atoms with Crippen LogP contribution in [0.1, 0.15) is 21.5 Å². The maximum atomic E-state index is 11.9. The van der Waals surface area contributed by atoms with Crippen LogP contribution in [0.3, 0.4) is 0 Å². The molecule has 2 rings (SSSR count). The number of carbonyl (C=O) groups is 2. The first-order valence-corrected chi connectivity index (χ1v) is 6.44. The van der Waals surface area contributed by atoms with E-state index in [1.54, 1.807) is 12.1 Å². The highest BCUT2D eigenvalue weighted by Crippen LogP contribution is 2.15. The van der Waals surface area contributed by atoms with Gasteiger partial charge in [-0.15, -0.1) is 0 Å². The summed E-state index contributed by atoms with van der Waals surface area (Å²) in [5.74, 6) is -0.999.